The van der Waals surface area contributed by atoms with E-state index in [-0.39, 0.29) is 5.91 Å². The monoisotopic (exact) mass is 154 g/mol. The lowest BCUT2D eigenvalue weighted by Gasteiger charge is -1.96. The second-order valence-corrected chi connectivity index (χ2v) is 2.16. The zero-order chi connectivity index (χ0) is 8.27. The van der Waals surface area contributed by atoms with E-state index < -0.39 is 0 Å². The Balaban J connectivity index is 2.76. The van der Waals surface area contributed by atoms with Gasteiger partial charge < -0.3 is 9.84 Å². The van der Waals surface area contributed by atoms with Crippen LogP contribution in [0.1, 0.15) is 23.0 Å². The smallest absolute Gasteiger partial charge is 0.256 e. The summed E-state index contributed by atoms with van der Waals surface area (Å²) in [5, 5.41) is 6.14. The van der Waals surface area contributed by atoms with Crippen LogP contribution in [-0.4, -0.2) is 17.6 Å². The fourth-order valence-electron chi connectivity index (χ4n) is 0.772. The van der Waals surface area contributed by atoms with E-state index in [2.05, 4.69) is 10.5 Å². The van der Waals surface area contributed by atoms with E-state index in [1.807, 2.05) is 6.92 Å². The largest absolute Gasteiger partial charge is 0.361 e. The summed E-state index contributed by atoms with van der Waals surface area (Å²) in [6.45, 7) is 4.18. The molecule has 0 spiro atoms. The molecular weight excluding hydrogens is 144 g/mol. The molecule has 0 aliphatic rings. The topological polar surface area (TPSA) is 55.1 Å². The average molecular weight is 154 g/mol. The van der Waals surface area contributed by atoms with Crippen molar-refractivity contribution in [2.45, 2.75) is 13.8 Å². The van der Waals surface area contributed by atoms with Gasteiger partial charge in [-0.3, -0.25) is 4.79 Å². The minimum absolute atomic E-state index is 0.133. The molecule has 0 saturated carbocycles. The van der Waals surface area contributed by atoms with Crippen molar-refractivity contribution in [3.8, 4) is 0 Å². The van der Waals surface area contributed by atoms with Gasteiger partial charge in [0.25, 0.3) is 5.91 Å². The fourth-order valence-corrected chi connectivity index (χ4v) is 0.772. The van der Waals surface area contributed by atoms with Gasteiger partial charge in [0.15, 0.2) is 0 Å². The van der Waals surface area contributed by atoms with Crippen molar-refractivity contribution in [3.05, 3.63) is 17.5 Å². The molecule has 1 aromatic heterocycles. The first-order chi connectivity index (χ1) is 5.25. The van der Waals surface area contributed by atoms with Gasteiger partial charge >= 0.3 is 0 Å². The highest BCUT2D eigenvalue weighted by Crippen LogP contribution is 2.04. The summed E-state index contributed by atoms with van der Waals surface area (Å²) < 4.78 is 4.72. The molecular formula is C7H10N2O2. The molecule has 4 nitrogen and oxygen atoms in total. The van der Waals surface area contributed by atoms with Crippen molar-refractivity contribution in [2.24, 2.45) is 0 Å². The van der Waals surface area contributed by atoms with Gasteiger partial charge in [0.1, 0.15) is 11.3 Å². The second-order valence-electron chi connectivity index (χ2n) is 2.16. The number of amides is 1. The highest BCUT2D eigenvalue weighted by atomic mass is 16.5. The zero-order valence-corrected chi connectivity index (χ0v) is 6.55. The number of aryl methyl sites for hydroxylation is 1. The molecule has 0 bridgehead atoms. The third-order valence-electron chi connectivity index (χ3n) is 1.33. The predicted octanol–water partition coefficient (Wildman–Crippen LogP) is 0.733. The lowest BCUT2D eigenvalue weighted by Crippen LogP contribution is -2.22. The lowest BCUT2D eigenvalue weighted by atomic mass is 10.2. The molecule has 0 atom stereocenters. The molecule has 11 heavy (non-hydrogen) atoms. The van der Waals surface area contributed by atoms with Crippen molar-refractivity contribution in [2.75, 3.05) is 6.54 Å². The Hall–Kier alpha value is -1.32. The number of nitrogens with zero attached hydrogens (tertiary/aromatic N) is 1. The molecule has 1 aromatic rings. The minimum atomic E-state index is -0.133. The molecule has 0 unspecified atom stereocenters. The number of aromatic nitrogens is 1. The Morgan fingerprint density at radius 2 is 2.55 bits per heavy atom. The molecule has 1 rings (SSSR count). The first kappa shape index (κ1) is 7.78. The number of rotatable bonds is 2. The SMILES string of the molecule is CCNC(=O)c1cnoc1C. The summed E-state index contributed by atoms with van der Waals surface area (Å²) in [5.74, 6) is 0.419. The number of carbonyl (C=O) groups is 1. The molecule has 60 valence electrons. The summed E-state index contributed by atoms with van der Waals surface area (Å²) in [7, 11) is 0. The van der Waals surface area contributed by atoms with E-state index in [9.17, 15) is 4.79 Å². The van der Waals surface area contributed by atoms with Crippen LogP contribution in [0.2, 0.25) is 0 Å². The number of nitrogens with one attached hydrogen (secondary N) is 1. The Labute approximate surface area is 64.6 Å². The number of hydrogen-bond donors (Lipinski definition) is 1. The summed E-state index contributed by atoms with van der Waals surface area (Å²) in [6, 6.07) is 0. The molecule has 0 aromatic carbocycles. The first-order valence-corrected chi connectivity index (χ1v) is 3.45. The molecule has 1 N–H and O–H groups in total. The van der Waals surface area contributed by atoms with E-state index in [0.29, 0.717) is 17.9 Å². The second kappa shape index (κ2) is 3.18. The van der Waals surface area contributed by atoms with Gasteiger partial charge in [-0.1, -0.05) is 5.16 Å². The van der Waals surface area contributed by atoms with Crippen molar-refractivity contribution < 1.29 is 9.32 Å². The maximum absolute atomic E-state index is 11.1. The van der Waals surface area contributed by atoms with Gasteiger partial charge in [-0.15, -0.1) is 0 Å². The molecule has 0 aliphatic heterocycles. The molecule has 1 heterocycles. The Morgan fingerprint density at radius 1 is 1.82 bits per heavy atom. The van der Waals surface area contributed by atoms with E-state index in [1.165, 1.54) is 6.20 Å². The van der Waals surface area contributed by atoms with Crippen molar-refractivity contribution in [3.63, 3.8) is 0 Å². The Bertz CT molecular complexity index is 255. The Morgan fingerprint density at radius 3 is 3.00 bits per heavy atom. The predicted molar refractivity (Wildman–Crippen MR) is 39.2 cm³/mol. The van der Waals surface area contributed by atoms with Crippen LogP contribution in [0.4, 0.5) is 0 Å². The van der Waals surface area contributed by atoms with E-state index in [0.717, 1.165) is 0 Å². The molecule has 0 fully saturated rings. The normalized spacial score (nSPS) is 9.64. The highest BCUT2D eigenvalue weighted by Gasteiger charge is 2.10. The fraction of sp³-hybridized carbons (Fsp3) is 0.429. The van der Waals surface area contributed by atoms with Crippen molar-refractivity contribution in [1.29, 1.82) is 0 Å². The minimum Gasteiger partial charge on any atom is -0.361 e. The van der Waals surface area contributed by atoms with Crippen LogP contribution in [0.3, 0.4) is 0 Å². The van der Waals surface area contributed by atoms with Gasteiger partial charge in [-0.25, -0.2) is 0 Å². The van der Waals surface area contributed by atoms with Crippen LogP contribution in [0.25, 0.3) is 0 Å². The molecule has 0 radical (unpaired) electrons. The maximum atomic E-state index is 11.1. The van der Waals surface area contributed by atoms with Crippen molar-refractivity contribution >= 4 is 5.91 Å². The summed E-state index contributed by atoms with van der Waals surface area (Å²) in [5.41, 5.74) is 0.506. The van der Waals surface area contributed by atoms with Crippen LogP contribution < -0.4 is 5.32 Å². The van der Waals surface area contributed by atoms with E-state index >= 15 is 0 Å². The van der Waals surface area contributed by atoms with Crippen LogP contribution in [0.15, 0.2) is 10.7 Å². The standard InChI is InChI=1S/C7H10N2O2/c1-3-8-7(10)6-4-9-11-5(6)2/h4H,3H2,1-2H3,(H,8,10). The van der Waals surface area contributed by atoms with Gasteiger partial charge in [-0.2, -0.15) is 0 Å². The quantitative estimate of drug-likeness (QED) is 0.683. The summed E-state index contributed by atoms with van der Waals surface area (Å²) in [4.78, 5) is 11.1. The van der Waals surface area contributed by atoms with Gasteiger partial charge in [0, 0.05) is 6.54 Å². The first-order valence-electron chi connectivity index (χ1n) is 3.45. The van der Waals surface area contributed by atoms with Gasteiger partial charge in [-0.05, 0) is 13.8 Å². The van der Waals surface area contributed by atoms with Crippen LogP contribution >= 0.6 is 0 Å². The molecule has 0 saturated heterocycles. The Kier molecular flexibility index (Phi) is 2.25. The van der Waals surface area contributed by atoms with E-state index in [1.54, 1.807) is 6.92 Å². The summed E-state index contributed by atoms with van der Waals surface area (Å²) in [6.07, 6.45) is 1.42. The molecule has 0 aliphatic carbocycles. The van der Waals surface area contributed by atoms with E-state index in [4.69, 9.17) is 4.52 Å². The maximum Gasteiger partial charge on any atom is 0.256 e. The number of hydrogen-bond acceptors (Lipinski definition) is 3. The zero-order valence-electron chi connectivity index (χ0n) is 6.55. The molecule has 1 amide bonds. The number of carbonyl (C=O) groups excluding carboxylic acids is 1. The van der Waals surface area contributed by atoms with Crippen LogP contribution in [-0.2, 0) is 0 Å². The average Bonchev–Trinajstić information content (AvgIpc) is 2.36. The van der Waals surface area contributed by atoms with Crippen molar-refractivity contribution in [1.82, 2.24) is 10.5 Å². The molecule has 4 heteroatoms. The highest BCUT2D eigenvalue weighted by molar-refractivity contribution is 5.94. The third-order valence-corrected chi connectivity index (χ3v) is 1.33. The van der Waals surface area contributed by atoms with Gasteiger partial charge in [0.05, 0.1) is 6.20 Å². The lowest BCUT2D eigenvalue weighted by molar-refractivity contribution is 0.0954. The van der Waals surface area contributed by atoms with Gasteiger partial charge in [0.2, 0.25) is 0 Å². The third kappa shape index (κ3) is 1.58. The van der Waals surface area contributed by atoms with Crippen LogP contribution in [0, 0.1) is 6.92 Å². The summed E-state index contributed by atoms with van der Waals surface area (Å²) >= 11 is 0. The van der Waals surface area contributed by atoms with Crippen LogP contribution in [0.5, 0.6) is 0 Å².